The second kappa shape index (κ2) is 5.80. The minimum atomic E-state index is -0.887. The number of aromatic nitrogens is 2. The molecule has 4 heteroatoms. The first kappa shape index (κ1) is 15.4. The molecular weight excluding hydrogens is 264 g/mol. The first-order valence-electron chi connectivity index (χ1n) is 7.51. The summed E-state index contributed by atoms with van der Waals surface area (Å²) in [7, 11) is 0. The normalized spacial score (nSPS) is 11.1. The lowest BCUT2D eigenvalue weighted by atomic mass is 10.0. The molecule has 2 rings (SSSR count). The predicted molar refractivity (Wildman–Crippen MR) is 84.3 cm³/mol. The maximum absolute atomic E-state index is 11.3. The van der Waals surface area contributed by atoms with Gasteiger partial charge >= 0.3 is 5.97 Å². The van der Waals surface area contributed by atoms with E-state index in [2.05, 4.69) is 37.7 Å². The number of aryl methyl sites for hydroxylation is 1. The van der Waals surface area contributed by atoms with Gasteiger partial charge in [-0.3, -0.25) is 0 Å². The molecule has 0 bridgehead atoms. The van der Waals surface area contributed by atoms with Crippen molar-refractivity contribution in [1.82, 2.24) is 9.97 Å². The molecule has 4 nitrogen and oxygen atoms in total. The summed E-state index contributed by atoms with van der Waals surface area (Å²) in [5, 5.41) is 9.27. The van der Waals surface area contributed by atoms with Crippen molar-refractivity contribution in [3.8, 4) is 0 Å². The molecule has 0 saturated carbocycles. The van der Waals surface area contributed by atoms with Gasteiger partial charge in [0.1, 0.15) is 5.69 Å². The van der Waals surface area contributed by atoms with Crippen LogP contribution in [0.1, 0.15) is 63.7 Å². The van der Waals surface area contributed by atoms with Gasteiger partial charge in [0.15, 0.2) is 0 Å². The van der Waals surface area contributed by atoms with Crippen LogP contribution in [0.2, 0.25) is 0 Å². The molecule has 2 heterocycles. The average Bonchev–Trinajstić information content (AvgIpc) is 2.88. The minimum absolute atomic E-state index is 0.318. The second-order valence-electron chi connectivity index (χ2n) is 5.60. The monoisotopic (exact) mass is 288 g/mol. The fraction of sp³-hybridized carbons (Fsp3) is 0.471. The van der Waals surface area contributed by atoms with Crippen molar-refractivity contribution in [3.05, 3.63) is 45.0 Å². The highest BCUT2D eigenvalue weighted by Gasteiger charge is 2.19. The van der Waals surface area contributed by atoms with Crippen molar-refractivity contribution < 1.29 is 9.90 Å². The van der Waals surface area contributed by atoms with E-state index in [0.29, 0.717) is 5.69 Å². The summed E-state index contributed by atoms with van der Waals surface area (Å²) in [6, 6.07) is 0. The van der Waals surface area contributed by atoms with Crippen molar-refractivity contribution in [2.24, 2.45) is 0 Å². The smallest absolute Gasteiger partial charge is 0.352 e. The molecular formula is C17H24N2O2. The van der Waals surface area contributed by atoms with Crippen LogP contribution >= 0.6 is 0 Å². The number of hydrogen-bond acceptors (Lipinski definition) is 1. The lowest BCUT2D eigenvalue weighted by molar-refractivity contribution is 0.0690. The summed E-state index contributed by atoms with van der Waals surface area (Å²) in [6.07, 6.45) is 2.58. The molecule has 0 aliphatic carbocycles. The lowest BCUT2D eigenvalue weighted by Crippen LogP contribution is -1.99. The molecule has 0 amide bonds. The summed E-state index contributed by atoms with van der Waals surface area (Å²) in [5.74, 6) is -0.887. The van der Waals surface area contributed by atoms with Crippen molar-refractivity contribution in [3.63, 3.8) is 0 Å². The molecule has 0 unspecified atom stereocenters. The predicted octanol–water partition coefficient (Wildman–Crippen LogP) is 3.68. The van der Waals surface area contributed by atoms with E-state index in [1.54, 1.807) is 0 Å². The zero-order valence-electron chi connectivity index (χ0n) is 13.5. The van der Waals surface area contributed by atoms with E-state index in [-0.39, 0.29) is 0 Å². The van der Waals surface area contributed by atoms with Gasteiger partial charge in [0.05, 0.1) is 0 Å². The van der Waals surface area contributed by atoms with Crippen molar-refractivity contribution in [2.45, 2.75) is 53.9 Å². The molecule has 0 saturated heterocycles. The Balaban J connectivity index is 2.44. The molecule has 2 aromatic heterocycles. The highest BCUT2D eigenvalue weighted by Crippen LogP contribution is 2.25. The van der Waals surface area contributed by atoms with Crippen LogP contribution in [0.4, 0.5) is 0 Å². The summed E-state index contributed by atoms with van der Waals surface area (Å²) in [5.41, 5.74) is 8.36. The third kappa shape index (κ3) is 2.62. The number of rotatable bonds is 5. The molecule has 114 valence electrons. The maximum Gasteiger partial charge on any atom is 0.352 e. The quantitative estimate of drug-likeness (QED) is 0.785. The Labute approximate surface area is 125 Å². The largest absolute Gasteiger partial charge is 0.477 e. The third-order valence-electron chi connectivity index (χ3n) is 4.44. The van der Waals surface area contributed by atoms with E-state index in [1.165, 1.54) is 22.5 Å². The van der Waals surface area contributed by atoms with Gasteiger partial charge in [-0.1, -0.05) is 13.8 Å². The fourth-order valence-electron chi connectivity index (χ4n) is 3.28. The maximum atomic E-state index is 11.3. The Hall–Kier alpha value is -1.97. The molecule has 21 heavy (non-hydrogen) atoms. The molecule has 0 spiro atoms. The van der Waals surface area contributed by atoms with E-state index >= 15 is 0 Å². The number of aromatic amines is 2. The van der Waals surface area contributed by atoms with E-state index in [9.17, 15) is 9.90 Å². The Morgan fingerprint density at radius 2 is 1.57 bits per heavy atom. The fourth-order valence-corrected chi connectivity index (χ4v) is 3.28. The first-order valence-corrected chi connectivity index (χ1v) is 7.51. The van der Waals surface area contributed by atoms with Crippen LogP contribution in [0.3, 0.4) is 0 Å². The molecule has 0 atom stereocenters. The van der Waals surface area contributed by atoms with E-state index in [0.717, 1.165) is 36.1 Å². The van der Waals surface area contributed by atoms with Crippen LogP contribution in [0.25, 0.3) is 0 Å². The first-order chi connectivity index (χ1) is 9.90. The van der Waals surface area contributed by atoms with E-state index in [1.807, 2.05) is 6.92 Å². The molecule has 3 N–H and O–H groups in total. The number of carboxylic acid groups (broad SMARTS) is 1. The number of carboxylic acids is 1. The zero-order valence-corrected chi connectivity index (χ0v) is 13.5. The van der Waals surface area contributed by atoms with E-state index in [4.69, 9.17) is 0 Å². The van der Waals surface area contributed by atoms with Gasteiger partial charge in [0.25, 0.3) is 0 Å². The van der Waals surface area contributed by atoms with Crippen LogP contribution < -0.4 is 0 Å². The minimum Gasteiger partial charge on any atom is -0.477 e. The van der Waals surface area contributed by atoms with Crippen molar-refractivity contribution in [1.29, 1.82) is 0 Å². The van der Waals surface area contributed by atoms with Crippen molar-refractivity contribution in [2.75, 3.05) is 0 Å². The average molecular weight is 288 g/mol. The van der Waals surface area contributed by atoms with Gasteiger partial charge in [0, 0.05) is 23.5 Å². The van der Waals surface area contributed by atoms with Gasteiger partial charge in [-0.25, -0.2) is 4.79 Å². The third-order valence-corrected chi connectivity index (χ3v) is 4.44. The molecule has 0 radical (unpaired) electrons. The SMILES string of the molecule is CCc1c(C)[nH]c(Cc2[nH]c(C(=O)O)c(C)c2CC)c1C. The number of carbonyl (C=O) groups is 1. The standard InChI is InChI=1S/C17H24N2O2/c1-6-12-9(3)14(18-11(12)5)8-15-13(7-2)10(4)16(19-15)17(20)21/h18-19H,6-8H2,1-5H3,(H,20,21). The van der Waals surface area contributed by atoms with Crippen LogP contribution in [-0.4, -0.2) is 21.0 Å². The Morgan fingerprint density at radius 1 is 0.952 bits per heavy atom. The number of hydrogen-bond donors (Lipinski definition) is 3. The Morgan fingerprint density at radius 3 is 2.05 bits per heavy atom. The number of aromatic carboxylic acids is 1. The van der Waals surface area contributed by atoms with Gasteiger partial charge < -0.3 is 15.1 Å². The summed E-state index contributed by atoms with van der Waals surface area (Å²) >= 11 is 0. The molecule has 0 aromatic carbocycles. The Kier molecular flexibility index (Phi) is 4.26. The summed E-state index contributed by atoms with van der Waals surface area (Å²) < 4.78 is 0. The van der Waals surface area contributed by atoms with Gasteiger partial charge in [-0.2, -0.15) is 0 Å². The van der Waals surface area contributed by atoms with Crippen LogP contribution in [0, 0.1) is 20.8 Å². The summed E-state index contributed by atoms with van der Waals surface area (Å²) in [4.78, 5) is 17.8. The van der Waals surface area contributed by atoms with Crippen molar-refractivity contribution >= 4 is 5.97 Å². The molecule has 0 aliphatic heterocycles. The highest BCUT2D eigenvalue weighted by molar-refractivity contribution is 5.88. The van der Waals surface area contributed by atoms with E-state index < -0.39 is 5.97 Å². The van der Waals surface area contributed by atoms with Gasteiger partial charge in [-0.15, -0.1) is 0 Å². The second-order valence-corrected chi connectivity index (χ2v) is 5.60. The summed E-state index contributed by atoms with van der Waals surface area (Å²) in [6.45, 7) is 10.3. The lowest BCUT2D eigenvalue weighted by Gasteiger charge is -2.04. The topological polar surface area (TPSA) is 68.9 Å². The molecule has 0 aliphatic rings. The van der Waals surface area contributed by atoms with Crippen LogP contribution in [0.15, 0.2) is 0 Å². The molecule has 0 fully saturated rings. The molecule has 2 aromatic rings. The highest BCUT2D eigenvalue weighted by atomic mass is 16.4. The van der Waals surface area contributed by atoms with Crippen LogP contribution in [0.5, 0.6) is 0 Å². The number of nitrogens with one attached hydrogen (secondary N) is 2. The zero-order chi connectivity index (χ0) is 15.7. The number of H-pyrrole nitrogens is 2. The van der Waals surface area contributed by atoms with Gasteiger partial charge in [-0.05, 0) is 55.9 Å². The van der Waals surface area contributed by atoms with Gasteiger partial charge in [0.2, 0.25) is 0 Å². The van der Waals surface area contributed by atoms with Crippen LogP contribution in [-0.2, 0) is 19.3 Å². The Bertz CT molecular complexity index is 678.